The van der Waals surface area contributed by atoms with Gasteiger partial charge in [-0.25, -0.2) is 4.98 Å². The molecule has 0 aliphatic carbocycles. The van der Waals surface area contributed by atoms with Crippen molar-refractivity contribution >= 4 is 52.0 Å². The van der Waals surface area contributed by atoms with Crippen molar-refractivity contribution in [2.24, 2.45) is 0 Å². The lowest BCUT2D eigenvalue weighted by Crippen LogP contribution is -2.44. The molecule has 1 N–H and O–H groups in total. The second-order valence-corrected chi connectivity index (χ2v) is 10.5. The van der Waals surface area contributed by atoms with Gasteiger partial charge in [0.25, 0.3) is 0 Å². The van der Waals surface area contributed by atoms with Crippen molar-refractivity contribution in [2.45, 2.75) is 38.8 Å². The van der Waals surface area contributed by atoms with Gasteiger partial charge in [-0.1, -0.05) is 53.0 Å². The van der Waals surface area contributed by atoms with Crippen molar-refractivity contribution < 1.29 is 4.79 Å². The summed E-state index contributed by atoms with van der Waals surface area (Å²) in [7, 11) is 0. The SMILES string of the molecule is Cc1sc(-c2ccc(Cl)cc2)nc1CC(=O)NC1CCN(Cc2ccc(Cl)c(Cl)c2)CC1. The zero-order valence-electron chi connectivity index (χ0n) is 17.7. The normalized spacial score (nSPS) is 15.1. The van der Waals surface area contributed by atoms with Crippen LogP contribution >= 0.6 is 46.1 Å². The molecule has 32 heavy (non-hydrogen) atoms. The van der Waals surface area contributed by atoms with E-state index in [9.17, 15) is 4.79 Å². The fourth-order valence-electron chi connectivity index (χ4n) is 3.87. The van der Waals surface area contributed by atoms with E-state index in [4.69, 9.17) is 39.8 Å². The third-order valence-corrected chi connectivity index (χ3v) is 7.71. The molecule has 3 aromatic rings. The highest BCUT2D eigenvalue weighted by Gasteiger charge is 2.22. The van der Waals surface area contributed by atoms with Crippen LogP contribution in [0.5, 0.6) is 0 Å². The Morgan fingerprint density at radius 1 is 1.09 bits per heavy atom. The van der Waals surface area contributed by atoms with Gasteiger partial charge in [-0.2, -0.15) is 0 Å². The zero-order valence-corrected chi connectivity index (χ0v) is 20.8. The topological polar surface area (TPSA) is 45.2 Å². The van der Waals surface area contributed by atoms with Crippen LogP contribution in [0.1, 0.15) is 29.0 Å². The van der Waals surface area contributed by atoms with Gasteiger partial charge in [-0.3, -0.25) is 9.69 Å². The number of benzene rings is 2. The quantitative estimate of drug-likeness (QED) is 0.419. The number of amides is 1. The van der Waals surface area contributed by atoms with Gasteiger partial charge in [0, 0.05) is 41.1 Å². The van der Waals surface area contributed by atoms with E-state index in [1.807, 2.05) is 49.4 Å². The Bertz CT molecular complexity index is 1090. The van der Waals surface area contributed by atoms with Gasteiger partial charge in [-0.05, 0) is 49.6 Å². The first-order chi connectivity index (χ1) is 15.4. The van der Waals surface area contributed by atoms with Crippen LogP contribution in [-0.2, 0) is 17.8 Å². The number of hydrogen-bond acceptors (Lipinski definition) is 4. The molecule has 1 aliphatic rings. The number of nitrogens with one attached hydrogen (secondary N) is 1. The zero-order chi connectivity index (χ0) is 22.7. The van der Waals surface area contributed by atoms with Gasteiger partial charge in [0.2, 0.25) is 5.91 Å². The minimum Gasteiger partial charge on any atom is -0.353 e. The van der Waals surface area contributed by atoms with Crippen LogP contribution in [0.25, 0.3) is 10.6 Å². The number of hydrogen-bond donors (Lipinski definition) is 1. The molecule has 8 heteroatoms. The maximum atomic E-state index is 12.7. The highest BCUT2D eigenvalue weighted by Crippen LogP contribution is 2.29. The Kier molecular flexibility index (Phi) is 7.74. The molecule has 0 spiro atoms. The van der Waals surface area contributed by atoms with Crippen LogP contribution in [0.15, 0.2) is 42.5 Å². The first-order valence-electron chi connectivity index (χ1n) is 10.6. The van der Waals surface area contributed by atoms with Crippen molar-refractivity contribution in [3.63, 3.8) is 0 Å². The molecule has 4 rings (SSSR count). The summed E-state index contributed by atoms with van der Waals surface area (Å²) in [5.74, 6) is 0.0315. The Morgan fingerprint density at radius 2 is 1.81 bits per heavy atom. The highest BCUT2D eigenvalue weighted by molar-refractivity contribution is 7.15. The number of likely N-dealkylation sites (tertiary alicyclic amines) is 1. The first kappa shape index (κ1) is 23.5. The molecule has 4 nitrogen and oxygen atoms in total. The fourth-order valence-corrected chi connectivity index (χ4v) is 5.25. The summed E-state index contributed by atoms with van der Waals surface area (Å²) < 4.78 is 0. The summed E-state index contributed by atoms with van der Waals surface area (Å²) in [6, 6.07) is 13.6. The molecular formula is C24H24Cl3N3OS. The van der Waals surface area contributed by atoms with Gasteiger partial charge in [0.1, 0.15) is 5.01 Å². The van der Waals surface area contributed by atoms with E-state index in [2.05, 4.69) is 10.2 Å². The van der Waals surface area contributed by atoms with E-state index in [1.54, 1.807) is 11.3 Å². The molecule has 0 bridgehead atoms. The Labute approximate surface area is 207 Å². The maximum absolute atomic E-state index is 12.7. The lowest BCUT2D eigenvalue weighted by molar-refractivity contribution is -0.121. The van der Waals surface area contributed by atoms with E-state index in [1.165, 1.54) is 0 Å². The van der Waals surface area contributed by atoms with Gasteiger partial charge < -0.3 is 5.32 Å². The van der Waals surface area contributed by atoms with Crippen LogP contribution in [0.3, 0.4) is 0 Å². The van der Waals surface area contributed by atoms with Crippen molar-refractivity contribution in [1.29, 1.82) is 0 Å². The molecule has 0 atom stereocenters. The summed E-state index contributed by atoms with van der Waals surface area (Å²) in [6.45, 7) is 4.72. The lowest BCUT2D eigenvalue weighted by Gasteiger charge is -2.32. The Hall–Kier alpha value is -1.63. The van der Waals surface area contributed by atoms with E-state index in [-0.39, 0.29) is 11.9 Å². The summed E-state index contributed by atoms with van der Waals surface area (Å²) in [6.07, 6.45) is 2.16. The van der Waals surface area contributed by atoms with E-state index in [0.717, 1.165) is 59.2 Å². The van der Waals surface area contributed by atoms with Crippen LogP contribution < -0.4 is 5.32 Å². The first-order valence-corrected chi connectivity index (χ1v) is 12.5. The lowest BCUT2D eigenvalue weighted by atomic mass is 10.0. The minimum atomic E-state index is 0.0315. The molecule has 1 amide bonds. The van der Waals surface area contributed by atoms with Gasteiger partial charge in [0.15, 0.2) is 0 Å². The number of carbonyl (C=O) groups is 1. The number of aryl methyl sites for hydroxylation is 1. The number of aromatic nitrogens is 1. The molecule has 0 saturated carbocycles. The third kappa shape index (κ3) is 6.03. The number of halogens is 3. The van der Waals surface area contributed by atoms with E-state index >= 15 is 0 Å². The number of thiazole rings is 1. The summed E-state index contributed by atoms with van der Waals surface area (Å²) >= 11 is 19.7. The average Bonchev–Trinajstić information content (AvgIpc) is 3.12. The molecule has 168 valence electrons. The van der Waals surface area contributed by atoms with Crippen molar-refractivity contribution in [3.8, 4) is 10.6 Å². The molecule has 1 fully saturated rings. The van der Waals surface area contributed by atoms with Crippen LogP contribution in [0.2, 0.25) is 15.1 Å². The summed E-state index contributed by atoms with van der Waals surface area (Å²) in [4.78, 5) is 20.8. The highest BCUT2D eigenvalue weighted by atomic mass is 35.5. The molecule has 1 aromatic heterocycles. The molecule has 2 aromatic carbocycles. The third-order valence-electron chi connectivity index (χ3n) is 5.65. The Morgan fingerprint density at radius 3 is 2.50 bits per heavy atom. The van der Waals surface area contributed by atoms with Crippen molar-refractivity contribution in [3.05, 3.63) is 73.7 Å². The maximum Gasteiger partial charge on any atom is 0.226 e. The van der Waals surface area contributed by atoms with E-state index < -0.39 is 0 Å². The van der Waals surface area contributed by atoms with Crippen LogP contribution in [0, 0.1) is 6.92 Å². The van der Waals surface area contributed by atoms with Crippen LogP contribution in [0.4, 0.5) is 0 Å². The smallest absolute Gasteiger partial charge is 0.226 e. The molecule has 2 heterocycles. The average molecular weight is 509 g/mol. The van der Waals surface area contributed by atoms with Gasteiger partial charge in [0.05, 0.1) is 22.2 Å². The van der Waals surface area contributed by atoms with Crippen LogP contribution in [-0.4, -0.2) is 34.9 Å². The standard InChI is InChI=1S/C24H24Cl3N3OS/c1-15-22(29-24(32-15)17-3-5-18(25)6-4-17)13-23(31)28-19-8-10-30(11-9-19)14-16-2-7-20(26)21(27)12-16/h2-7,12,19H,8-11,13-14H2,1H3,(H,28,31). The minimum absolute atomic E-state index is 0.0315. The van der Waals surface area contributed by atoms with E-state index in [0.29, 0.717) is 21.5 Å². The predicted molar refractivity (Wildman–Crippen MR) is 134 cm³/mol. The molecule has 0 unspecified atom stereocenters. The number of carbonyl (C=O) groups excluding carboxylic acids is 1. The molecule has 1 saturated heterocycles. The predicted octanol–water partition coefficient (Wildman–Crippen LogP) is 6.40. The summed E-state index contributed by atoms with van der Waals surface area (Å²) in [5.41, 5.74) is 3.01. The number of rotatable bonds is 6. The van der Waals surface area contributed by atoms with Gasteiger partial charge in [-0.15, -0.1) is 11.3 Å². The van der Waals surface area contributed by atoms with Crippen molar-refractivity contribution in [1.82, 2.24) is 15.2 Å². The fraction of sp³-hybridized carbons (Fsp3) is 0.333. The molecule has 1 aliphatic heterocycles. The number of nitrogens with zero attached hydrogens (tertiary/aromatic N) is 2. The number of piperidine rings is 1. The second kappa shape index (κ2) is 10.5. The van der Waals surface area contributed by atoms with Crippen molar-refractivity contribution in [2.75, 3.05) is 13.1 Å². The largest absolute Gasteiger partial charge is 0.353 e. The summed E-state index contributed by atoms with van der Waals surface area (Å²) in [5, 5.41) is 5.97. The molecule has 0 radical (unpaired) electrons. The Balaban J connectivity index is 1.27. The second-order valence-electron chi connectivity index (χ2n) is 8.07. The molecular weight excluding hydrogens is 485 g/mol. The van der Waals surface area contributed by atoms with Gasteiger partial charge >= 0.3 is 0 Å². The monoisotopic (exact) mass is 507 g/mol.